The molecule has 0 aliphatic carbocycles. The fraction of sp³-hybridized carbons (Fsp3) is 0.176. The molecule has 0 spiro atoms. The second-order valence-electron chi connectivity index (χ2n) is 4.94. The summed E-state index contributed by atoms with van der Waals surface area (Å²) in [6.07, 6.45) is 2.67. The van der Waals surface area contributed by atoms with Crippen LogP contribution >= 0.6 is 0 Å². The first kappa shape index (κ1) is 16.8. The summed E-state index contributed by atoms with van der Waals surface area (Å²) in [6, 6.07) is 12.1. The lowest BCUT2D eigenvalue weighted by atomic mass is 10.1. The normalized spacial score (nSPS) is 12.4. The molecule has 0 radical (unpaired) electrons. The van der Waals surface area contributed by atoms with E-state index in [0.29, 0.717) is 24.2 Å². The van der Waals surface area contributed by atoms with Gasteiger partial charge in [0, 0.05) is 19.2 Å². The maximum atomic E-state index is 12.8. The average Bonchev–Trinajstić information content (AvgIpc) is 2.55. The molecule has 0 bridgehead atoms. The molecule has 0 aromatic heterocycles. The highest BCUT2D eigenvalue weighted by molar-refractivity contribution is 5.60. The first-order valence-electron chi connectivity index (χ1n) is 7.12. The number of nitro benzene ring substituents is 1. The van der Waals surface area contributed by atoms with E-state index in [2.05, 4.69) is 5.32 Å². The Labute approximate surface area is 133 Å². The number of hydrogen-bond acceptors (Lipinski definition) is 4. The Morgan fingerprint density at radius 3 is 2.61 bits per heavy atom. The minimum atomic E-state index is -0.741. The number of hydrogen-bond donors (Lipinski definition) is 2. The smallest absolute Gasteiger partial charge is 0.276 e. The predicted octanol–water partition coefficient (Wildman–Crippen LogP) is 3.07. The average molecular weight is 316 g/mol. The zero-order chi connectivity index (χ0) is 16.7. The van der Waals surface area contributed by atoms with Gasteiger partial charge in [-0.1, -0.05) is 36.4 Å². The van der Waals surface area contributed by atoms with E-state index in [4.69, 9.17) is 0 Å². The maximum absolute atomic E-state index is 12.8. The van der Waals surface area contributed by atoms with E-state index in [1.807, 2.05) is 0 Å². The Hall–Kier alpha value is -2.57. The maximum Gasteiger partial charge on any atom is 0.276 e. The Kier molecular flexibility index (Phi) is 5.96. The van der Waals surface area contributed by atoms with E-state index in [9.17, 15) is 19.6 Å². The summed E-state index contributed by atoms with van der Waals surface area (Å²) in [5.74, 6) is -0.346. The Bertz CT molecular complexity index is 686. The van der Waals surface area contributed by atoms with Crippen LogP contribution in [0.3, 0.4) is 0 Å². The molecule has 23 heavy (non-hydrogen) atoms. The minimum absolute atomic E-state index is 0.0510. The van der Waals surface area contributed by atoms with Gasteiger partial charge in [0.15, 0.2) is 0 Å². The standard InChI is InChI=1S/C17H17FN2O3/c18-15-9-7-14(8-10-15)17(21)12-19-11-3-5-13-4-1-2-6-16(13)20(22)23/h1-10,17,19,21H,11-12H2/b5-3+. The monoisotopic (exact) mass is 316 g/mol. The topological polar surface area (TPSA) is 75.4 Å². The van der Waals surface area contributed by atoms with Crippen LogP contribution < -0.4 is 5.32 Å². The number of halogens is 1. The molecule has 6 heteroatoms. The van der Waals surface area contributed by atoms with Crippen molar-refractivity contribution in [2.75, 3.05) is 13.1 Å². The first-order chi connectivity index (χ1) is 11.1. The van der Waals surface area contributed by atoms with Crippen molar-refractivity contribution in [2.45, 2.75) is 6.10 Å². The van der Waals surface area contributed by atoms with Gasteiger partial charge >= 0.3 is 0 Å². The second-order valence-corrected chi connectivity index (χ2v) is 4.94. The summed E-state index contributed by atoms with van der Waals surface area (Å²) in [5.41, 5.74) is 1.20. The minimum Gasteiger partial charge on any atom is -0.387 e. The highest BCUT2D eigenvalue weighted by Crippen LogP contribution is 2.18. The van der Waals surface area contributed by atoms with Crippen LogP contribution in [0.1, 0.15) is 17.2 Å². The molecule has 2 aromatic rings. The van der Waals surface area contributed by atoms with Gasteiger partial charge in [-0.25, -0.2) is 4.39 Å². The molecule has 0 amide bonds. The highest BCUT2D eigenvalue weighted by Gasteiger charge is 2.09. The molecular weight excluding hydrogens is 299 g/mol. The number of nitrogens with zero attached hydrogens (tertiary/aromatic N) is 1. The van der Waals surface area contributed by atoms with Gasteiger partial charge < -0.3 is 10.4 Å². The van der Waals surface area contributed by atoms with Gasteiger partial charge in [0.1, 0.15) is 5.82 Å². The highest BCUT2D eigenvalue weighted by atomic mass is 19.1. The third-order valence-electron chi connectivity index (χ3n) is 3.29. The molecule has 120 valence electrons. The van der Waals surface area contributed by atoms with Crippen molar-refractivity contribution >= 4 is 11.8 Å². The van der Waals surface area contributed by atoms with Gasteiger partial charge in [-0.3, -0.25) is 10.1 Å². The van der Waals surface area contributed by atoms with Gasteiger partial charge in [-0.05, 0) is 23.8 Å². The summed E-state index contributed by atoms with van der Waals surface area (Å²) in [6.45, 7) is 0.747. The Morgan fingerprint density at radius 1 is 1.22 bits per heavy atom. The molecule has 5 nitrogen and oxygen atoms in total. The Morgan fingerprint density at radius 2 is 1.91 bits per heavy atom. The van der Waals surface area contributed by atoms with Crippen molar-refractivity contribution in [1.82, 2.24) is 5.32 Å². The number of nitrogens with one attached hydrogen (secondary N) is 1. The van der Waals surface area contributed by atoms with Gasteiger partial charge in [0.05, 0.1) is 16.6 Å². The number of nitro groups is 1. The van der Waals surface area contributed by atoms with Crippen LogP contribution in [-0.4, -0.2) is 23.1 Å². The molecule has 0 aliphatic rings. The predicted molar refractivity (Wildman–Crippen MR) is 86.4 cm³/mol. The van der Waals surface area contributed by atoms with E-state index in [1.54, 1.807) is 30.4 Å². The molecule has 0 saturated carbocycles. The van der Waals surface area contributed by atoms with Crippen LogP contribution in [0.2, 0.25) is 0 Å². The van der Waals surface area contributed by atoms with E-state index >= 15 is 0 Å². The van der Waals surface area contributed by atoms with Crippen LogP contribution in [0.25, 0.3) is 6.08 Å². The fourth-order valence-electron chi connectivity index (χ4n) is 2.09. The molecule has 2 rings (SSSR count). The largest absolute Gasteiger partial charge is 0.387 e. The van der Waals surface area contributed by atoms with Crippen LogP contribution in [0.15, 0.2) is 54.6 Å². The summed E-state index contributed by atoms with van der Waals surface area (Å²) in [7, 11) is 0. The van der Waals surface area contributed by atoms with Crippen molar-refractivity contribution < 1.29 is 14.4 Å². The molecule has 0 heterocycles. The number of rotatable bonds is 7. The van der Waals surface area contributed by atoms with Crippen molar-refractivity contribution in [3.8, 4) is 0 Å². The fourth-order valence-corrected chi connectivity index (χ4v) is 2.09. The second kappa shape index (κ2) is 8.17. The molecule has 0 fully saturated rings. The lowest BCUT2D eigenvalue weighted by molar-refractivity contribution is -0.385. The van der Waals surface area contributed by atoms with Crippen LogP contribution in [0.5, 0.6) is 0 Å². The number of para-hydroxylation sites is 1. The van der Waals surface area contributed by atoms with Crippen LogP contribution in [-0.2, 0) is 0 Å². The van der Waals surface area contributed by atoms with E-state index < -0.39 is 11.0 Å². The van der Waals surface area contributed by atoms with Crippen molar-refractivity contribution in [3.05, 3.63) is 81.7 Å². The van der Waals surface area contributed by atoms with Crippen molar-refractivity contribution in [2.24, 2.45) is 0 Å². The number of benzene rings is 2. The van der Waals surface area contributed by atoms with Crippen LogP contribution in [0.4, 0.5) is 10.1 Å². The van der Waals surface area contributed by atoms with Gasteiger partial charge in [0.25, 0.3) is 5.69 Å². The lowest BCUT2D eigenvalue weighted by Crippen LogP contribution is -2.21. The molecule has 2 N–H and O–H groups in total. The molecule has 2 aromatic carbocycles. The van der Waals surface area contributed by atoms with Gasteiger partial charge in [0.2, 0.25) is 0 Å². The zero-order valence-electron chi connectivity index (χ0n) is 12.4. The first-order valence-corrected chi connectivity index (χ1v) is 7.12. The lowest BCUT2D eigenvalue weighted by Gasteiger charge is -2.11. The number of aliphatic hydroxyl groups is 1. The SMILES string of the molecule is O=[N+]([O-])c1ccccc1/C=C/CNCC(O)c1ccc(F)cc1. The molecule has 1 atom stereocenters. The zero-order valence-corrected chi connectivity index (χ0v) is 12.4. The molecule has 1 unspecified atom stereocenters. The third kappa shape index (κ3) is 4.98. The van der Waals surface area contributed by atoms with Crippen molar-refractivity contribution in [1.29, 1.82) is 0 Å². The van der Waals surface area contributed by atoms with Crippen molar-refractivity contribution in [3.63, 3.8) is 0 Å². The summed E-state index contributed by atoms with van der Waals surface area (Å²) >= 11 is 0. The summed E-state index contributed by atoms with van der Waals surface area (Å²) in [5, 5.41) is 23.8. The van der Waals surface area contributed by atoms with Crippen LogP contribution in [0, 0.1) is 15.9 Å². The van der Waals surface area contributed by atoms with Gasteiger partial charge in [-0.2, -0.15) is 0 Å². The van der Waals surface area contributed by atoms with Gasteiger partial charge in [-0.15, -0.1) is 0 Å². The number of aliphatic hydroxyl groups excluding tert-OH is 1. The third-order valence-corrected chi connectivity index (χ3v) is 3.29. The van der Waals surface area contributed by atoms with E-state index in [0.717, 1.165) is 0 Å². The molecule has 0 saturated heterocycles. The summed E-state index contributed by atoms with van der Waals surface area (Å²) < 4.78 is 12.8. The Balaban J connectivity index is 1.83. The molecular formula is C17H17FN2O3. The summed E-state index contributed by atoms with van der Waals surface area (Å²) in [4.78, 5) is 10.5. The quantitative estimate of drug-likeness (QED) is 0.467. The molecule has 0 aliphatic heterocycles. The van der Waals surface area contributed by atoms with E-state index in [-0.39, 0.29) is 11.5 Å². The van der Waals surface area contributed by atoms with E-state index in [1.165, 1.54) is 30.3 Å².